The van der Waals surface area contributed by atoms with E-state index in [2.05, 4.69) is 22.3 Å². The highest BCUT2D eigenvalue weighted by molar-refractivity contribution is 6.01. The molecule has 1 aliphatic rings. The predicted octanol–water partition coefficient (Wildman–Crippen LogP) is 0.165. The van der Waals surface area contributed by atoms with E-state index < -0.39 is 0 Å². The van der Waals surface area contributed by atoms with Crippen molar-refractivity contribution in [2.45, 2.75) is 18.8 Å². The summed E-state index contributed by atoms with van der Waals surface area (Å²) in [7, 11) is 0. The Labute approximate surface area is 121 Å². The van der Waals surface area contributed by atoms with Crippen LogP contribution in [0, 0.1) is 11.8 Å². The summed E-state index contributed by atoms with van der Waals surface area (Å²) in [6.07, 6.45) is 4.33. The van der Waals surface area contributed by atoms with E-state index in [-0.39, 0.29) is 17.7 Å². The molecule has 0 saturated carbocycles. The Morgan fingerprint density at radius 3 is 3.10 bits per heavy atom. The minimum absolute atomic E-state index is 0.220. The van der Waals surface area contributed by atoms with E-state index in [1.165, 1.54) is 0 Å². The van der Waals surface area contributed by atoms with E-state index in [1.54, 1.807) is 16.9 Å². The Hall–Kier alpha value is -2.65. The molecule has 21 heavy (non-hydrogen) atoms. The fourth-order valence-electron chi connectivity index (χ4n) is 2.49. The van der Waals surface area contributed by atoms with Crippen molar-refractivity contribution < 1.29 is 9.59 Å². The van der Waals surface area contributed by atoms with Crippen molar-refractivity contribution >= 4 is 17.3 Å². The standard InChI is InChI=1S/C15H14N4O2/c16-6-1-2-10-5-7-19-13(8-10)12(9-17-19)11-3-4-14(20)18-15(11)21/h5,7-9,11H,3-4,6,16H2,(H,18,20,21). The number of carbonyl (C=O) groups excluding carboxylic acids is 2. The van der Waals surface area contributed by atoms with Crippen molar-refractivity contribution in [3.63, 3.8) is 0 Å². The quantitative estimate of drug-likeness (QED) is 0.576. The summed E-state index contributed by atoms with van der Waals surface area (Å²) in [6.45, 7) is 0.296. The van der Waals surface area contributed by atoms with E-state index in [4.69, 9.17) is 5.73 Å². The second kappa shape index (κ2) is 5.38. The highest BCUT2D eigenvalue weighted by atomic mass is 16.2. The Bertz CT molecular complexity index is 782. The molecule has 2 aromatic heterocycles. The molecule has 0 radical (unpaired) electrons. The zero-order valence-electron chi connectivity index (χ0n) is 11.3. The summed E-state index contributed by atoms with van der Waals surface area (Å²) in [5.74, 6) is 4.93. The molecule has 1 aliphatic heterocycles. The molecule has 3 rings (SSSR count). The third-order valence-corrected chi connectivity index (χ3v) is 3.50. The fourth-order valence-corrected chi connectivity index (χ4v) is 2.49. The number of amides is 2. The largest absolute Gasteiger partial charge is 0.320 e. The number of aromatic nitrogens is 2. The maximum Gasteiger partial charge on any atom is 0.234 e. The maximum absolute atomic E-state index is 12.0. The SMILES string of the molecule is NCC#Cc1ccn2ncc(C3CCC(=O)NC3=O)c2c1. The number of nitrogens with one attached hydrogen (secondary N) is 1. The number of imide groups is 1. The molecule has 1 unspecified atom stereocenters. The summed E-state index contributed by atoms with van der Waals surface area (Å²) in [5.41, 5.74) is 7.84. The minimum atomic E-state index is -0.349. The molecule has 1 fully saturated rings. The molecule has 0 aliphatic carbocycles. The zero-order chi connectivity index (χ0) is 14.8. The van der Waals surface area contributed by atoms with E-state index in [9.17, 15) is 9.59 Å². The first kappa shape index (κ1) is 13.3. The molecular formula is C15H14N4O2. The predicted molar refractivity (Wildman–Crippen MR) is 76.2 cm³/mol. The number of fused-ring (bicyclic) bond motifs is 1. The average Bonchev–Trinajstić information content (AvgIpc) is 2.88. The molecule has 1 saturated heterocycles. The van der Waals surface area contributed by atoms with Crippen LogP contribution in [0.2, 0.25) is 0 Å². The molecule has 2 aromatic rings. The summed E-state index contributed by atoms with van der Waals surface area (Å²) in [5, 5.41) is 6.62. The Kier molecular flexibility index (Phi) is 3.42. The molecule has 2 amide bonds. The summed E-state index contributed by atoms with van der Waals surface area (Å²) in [4.78, 5) is 23.2. The number of piperidine rings is 1. The van der Waals surface area contributed by atoms with Crippen LogP contribution in [0.5, 0.6) is 0 Å². The van der Waals surface area contributed by atoms with E-state index in [0.29, 0.717) is 19.4 Å². The van der Waals surface area contributed by atoms with Crippen LogP contribution in [0.3, 0.4) is 0 Å². The number of pyridine rings is 1. The van der Waals surface area contributed by atoms with Gasteiger partial charge in [-0.05, 0) is 18.6 Å². The number of carbonyl (C=O) groups is 2. The van der Waals surface area contributed by atoms with E-state index in [1.807, 2.05) is 12.1 Å². The van der Waals surface area contributed by atoms with Crippen LogP contribution in [-0.4, -0.2) is 28.0 Å². The van der Waals surface area contributed by atoms with Gasteiger partial charge in [0.05, 0.1) is 24.2 Å². The van der Waals surface area contributed by atoms with E-state index >= 15 is 0 Å². The number of rotatable bonds is 1. The highest BCUT2D eigenvalue weighted by Crippen LogP contribution is 2.28. The average molecular weight is 282 g/mol. The van der Waals surface area contributed by atoms with Gasteiger partial charge in [-0.25, -0.2) is 4.52 Å². The summed E-state index contributed by atoms with van der Waals surface area (Å²) >= 11 is 0. The Morgan fingerprint density at radius 2 is 2.33 bits per heavy atom. The molecule has 0 spiro atoms. The van der Waals surface area contributed by atoms with Crippen LogP contribution >= 0.6 is 0 Å². The van der Waals surface area contributed by atoms with Crippen molar-refractivity contribution in [1.82, 2.24) is 14.9 Å². The lowest BCUT2D eigenvalue weighted by molar-refractivity contribution is -0.134. The van der Waals surface area contributed by atoms with Crippen LogP contribution in [0.25, 0.3) is 5.52 Å². The lowest BCUT2D eigenvalue weighted by atomic mass is 9.91. The molecule has 3 heterocycles. The number of nitrogens with zero attached hydrogens (tertiary/aromatic N) is 2. The van der Waals surface area contributed by atoms with Gasteiger partial charge in [-0.2, -0.15) is 5.10 Å². The van der Waals surface area contributed by atoms with Gasteiger partial charge in [0.1, 0.15) is 0 Å². The van der Waals surface area contributed by atoms with Crippen LogP contribution in [0.15, 0.2) is 24.5 Å². The van der Waals surface area contributed by atoms with Crippen molar-refractivity contribution in [3.05, 3.63) is 35.7 Å². The summed E-state index contributed by atoms with van der Waals surface area (Å²) in [6, 6.07) is 3.73. The van der Waals surface area contributed by atoms with Crippen LogP contribution in [0.1, 0.15) is 29.9 Å². The van der Waals surface area contributed by atoms with Crippen LogP contribution < -0.4 is 11.1 Å². The zero-order valence-corrected chi connectivity index (χ0v) is 11.3. The van der Waals surface area contributed by atoms with Gasteiger partial charge < -0.3 is 5.73 Å². The van der Waals surface area contributed by atoms with Crippen LogP contribution in [-0.2, 0) is 9.59 Å². The number of hydrogen-bond donors (Lipinski definition) is 2. The molecular weight excluding hydrogens is 268 g/mol. The monoisotopic (exact) mass is 282 g/mol. The normalized spacial score (nSPS) is 18.2. The molecule has 0 aromatic carbocycles. The second-order valence-electron chi connectivity index (χ2n) is 4.85. The van der Waals surface area contributed by atoms with Gasteiger partial charge in [0.2, 0.25) is 11.8 Å². The van der Waals surface area contributed by atoms with E-state index in [0.717, 1.165) is 16.6 Å². The molecule has 1 atom stereocenters. The first-order valence-electron chi connectivity index (χ1n) is 6.69. The molecule has 0 bridgehead atoms. The molecule has 3 N–H and O–H groups in total. The fraction of sp³-hybridized carbons (Fsp3) is 0.267. The second-order valence-corrected chi connectivity index (χ2v) is 4.85. The van der Waals surface area contributed by atoms with Gasteiger partial charge >= 0.3 is 0 Å². The van der Waals surface area contributed by atoms with Gasteiger partial charge in [-0.3, -0.25) is 14.9 Å². The van der Waals surface area contributed by atoms with Gasteiger partial charge in [-0.1, -0.05) is 11.8 Å². The molecule has 106 valence electrons. The van der Waals surface area contributed by atoms with Crippen molar-refractivity contribution in [1.29, 1.82) is 0 Å². The lowest BCUT2D eigenvalue weighted by Gasteiger charge is -2.19. The van der Waals surface area contributed by atoms with Crippen molar-refractivity contribution in [3.8, 4) is 11.8 Å². The number of hydrogen-bond acceptors (Lipinski definition) is 4. The Balaban J connectivity index is 2.02. The third kappa shape index (κ3) is 2.51. The van der Waals surface area contributed by atoms with Gasteiger partial charge in [-0.15, -0.1) is 0 Å². The topological polar surface area (TPSA) is 89.5 Å². The third-order valence-electron chi connectivity index (χ3n) is 3.50. The van der Waals surface area contributed by atoms with Gasteiger partial charge in [0.15, 0.2) is 0 Å². The summed E-state index contributed by atoms with van der Waals surface area (Å²) < 4.78 is 1.70. The minimum Gasteiger partial charge on any atom is -0.320 e. The van der Waals surface area contributed by atoms with Gasteiger partial charge in [0, 0.05) is 23.7 Å². The maximum atomic E-state index is 12.0. The first-order chi connectivity index (χ1) is 10.2. The van der Waals surface area contributed by atoms with Crippen LogP contribution in [0.4, 0.5) is 0 Å². The Morgan fingerprint density at radius 1 is 1.48 bits per heavy atom. The number of nitrogens with two attached hydrogens (primary N) is 1. The van der Waals surface area contributed by atoms with Crippen molar-refractivity contribution in [2.75, 3.05) is 6.54 Å². The molecule has 6 nitrogen and oxygen atoms in total. The smallest absolute Gasteiger partial charge is 0.234 e. The lowest BCUT2D eigenvalue weighted by Crippen LogP contribution is -2.39. The van der Waals surface area contributed by atoms with Crippen molar-refractivity contribution in [2.24, 2.45) is 5.73 Å². The highest BCUT2D eigenvalue weighted by Gasteiger charge is 2.30. The molecule has 6 heteroatoms. The van der Waals surface area contributed by atoms with Gasteiger partial charge in [0.25, 0.3) is 0 Å². The first-order valence-corrected chi connectivity index (χ1v) is 6.69.